The number of nitrogens with zero attached hydrogens (tertiary/aromatic N) is 4. The molecule has 0 saturated carbocycles. The number of aromatic nitrogens is 2. The maximum Gasteiger partial charge on any atom is 0.225 e. The first kappa shape index (κ1) is 13.6. The highest BCUT2D eigenvalue weighted by Gasteiger charge is 2.49. The van der Waals surface area contributed by atoms with Crippen molar-refractivity contribution < 1.29 is 4.39 Å². The van der Waals surface area contributed by atoms with Crippen LogP contribution in [0.3, 0.4) is 0 Å². The van der Waals surface area contributed by atoms with E-state index in [4.69, 9.17) is 0 Å². The van der Waals surface area contributed by atoms with Gasteiger partial charge in [-0.3, -0.25) is 4.90 Å². The molecule has 3 heterocycles. The average molecular weight is 298 g/mol. The molecule has 2 fully saturated rings. The monoisotopic (exact) mass is 298 g/mol. The molecule has 0 aliphatic carbocycles. The molecule has 1 atom stereocenters. The van der Waals surface area contributed by atoms with Crippen molar-refractivity contribution in [3.8, 4) is 0 Å². The van der Waals surface area contributed by atoms with E-state index < -0.39 is 0 Å². The van der Waals surface area contributed by atoms with Gasteiger partial charge in [-0.05, 0) is 36.6 Å². The third kappa shape index (κ3) is 2.35. The number of anilines is 1. The minimum absolute atomic E-state index is 0.171. The van der Waals surface area contributed by atoms with Crippen molar-refractivity contribution in [2.45, 2.75) is 24.9 Å². The summed E-state index contributed by atoms with van der Waals surface area (Å²) in [6.07, 6.45) is 5.96. The van der Waals surface area contributed by atoms with E-state index in [0.717, 1.165) is 38.5 Å². The number of hydrogen-bond acceptors (Lipinski definition) is 4. The number of benzene rings is 1. The third-order valence-corrected chi connectivity index (χ3v) is 4.97. The molecule has 5 heteroatoms. The normalized spacial score (nSPS) is 24.7. The van der Waals surface area contributed by atoms with Crippen molar-refractivity contribution in [3.63, 3.8) is 0 Å². The fourth-order valence-electron chi connectivity index (χ4n) is 3.59. The van der Waals surface area contributed by atoms with Crippen LogP contribution in [0.5, 0.6) is 0 Å². The van der Waals surface area contributed by atoms with Gasteiger partial charge in [0, 0.05) is 44.1 Å². The first-order chi connectivity index (χ1) is 10.8. The maximum absolute atomic E-state index is 13.0. The van der Waals surface area contributed by atoms with Crippen molar-refractivity contribution in [1.82, 2.24) is 14.9 Å². The summed E-state index contributed by atoms with van der Waals surface area (Å²) in [6.45, 7) is 3.99. The van der Waals surface area contributed by atoms with E-state index in [1.807, 2.05) is 18.2 Å². The van der Waals surface area contributed by atoms with Crippen molar-refractivity contribution >= 4 is 5.95 Å². The maximum atomic E-state index is 13.0. The molecule has 0 N–H and O–H groups in total. The van der Waals surface area contributed by atoms with Gasteiger partial charge in [-0.1, -0.05) is 12.1 Å². The molecule has 0 bridgehead atoms. The molecule has 2 aromatic rings. The number of halogens is 1. The van der Waals surface area contributed by atoms with Gasteiger partial charge in [-0.15, -0.1) is 0 Å². The van der Waals surface area contributed by atoms with Crippen LogP contribution < -0.4 is 4.90 Å². The van der Waals surface area contributed by atoms with Gasteiger partial charge in [0.05, 0.1) is 0 Å². The van der Waals surface area contributed by atoms with E-state index in [2.05, 4.69) is 19.8 Å². The van der Waals surface area contributed by atoms with Gasteiger partial charge in [0.25, 0.3) is 0 Å². The molecule has 1 aromatic carbocycles. The summed E-state index contributed by atoms with van der Waals surface area (Å²) in [6, 6.07) is 8.70. The Bertz CT molecular complexity index is 645. The molecular weight excluding hydrogens is 279 g/mol. The first-order valence-corrected chi connectivity index (χ1v) is 7.77. The molecule has 0 amide bonds. The van der Waals surface area contributed by atoms with Gasteiger partial charge in [0.2, 0.25) is 5.95 Å². The summed E-state index contributed by atoms with van der Waals surface area (Å²) < 4.78 is 13.0. The summed E-state index contributed by atoms with van der Waals surface area (Å²) in [5, 5.41) is 0. The summed E-state index contributed by atoms with van der Waals surface area (Å²) in [7, 11) is 0. The van der Waals surface area contributed by atoms with Crippen LogP contribution in [0.2, 0.25) is 0 Å². The largest absolute Gasteiger partial charge is 0.339 e. The molecule has 2 aliphatic heterocycles. The van der Waals surface area contributed by atoms with Crippen molar-refractivity contribution in [1.29, 1.82) is 0 Å². The predicted molar refractivity (Wildman–Crippen MR) is 83.0 cm³/mol. The van der Waals surface area contributed by atoms with Crippen molar-refractivity contribution in [2.75, 3.05) is 24.5 Å². The molecule has 114 valence electrons. The van der Waals surface area contributed by atoms with E-state index >= 15 is 0 Å². The predicted octanol–water partition coefficient (Wildman–Crippen LogP) is 2.47. The van der Waals surface area contributed by atoms with Gasteiger partial charge in [0.15, 0.2) is 0 Å². The summed E-state index contributed by atoms with van der Waals surface area (Å²) in [5.74, 6) is 0.656. The Morgan fingerprint density at radius 1 is 1.05 bits per heavy atom. The Morgan fingerprint density at radius 3 is 2.45 bits per heavy atom. The Morgan fingerprint density at radius 2 is 1.77 bits per heavy atom. The minimum atomic E-state index is -0.171. The Kier molecular flexibility index (Phi) is 3.30. The van der Waals surface area contributed by atoms with E-state index in [-0.39, 0.29) is 11.4 Å². The van der Waals surface area contributed by atoms with E-state index in [9.17, 15) is 4.39 Å². The molecule has 22 heavy (non-hydrogen) atoms. The fourth-order valence-corrected chi connectivity index (χ4v) is 3.59. The minimum Gasteiger partial charge on any atom is -0.339 e. The lowest BCUT2D eigenvalue weighted by molar-refractivity contribution is -0.00483. The topological polar surface area (TPSA) is 32.3 Å². The SMILES string of the molecule is Fc1ccc(CN2CCC23CCN(c2ncccn2)C3)cc1. The average Bonchev–Trinajstić information content (AvgIpc) is 3.02. The van der Waals surface area contributed by atoms with Gasteiger partial charge in [-0.2, -0.15) is 0 Å². The zero-order valence-corrected chi connectivity index (χ0v) is 12.5. The molecule has 4 nitrogen and oxygen atoms in total. The number of likely N-dealkylation sites (tertiary alicyclic amines) is 1. The second-order valence-electron chi connectivity index (χ2n) is 6.24. The van der Waals surface area contributed by atoms with Crippen LogP contribution in [-0.4, -0.2) is 40.0 Å². The van der Waals surface area contributed by atoms with E-state index in [1.165, 1.54) is 12.0 Å². The van der Waals surface area contributed by atoms with Crippen LogP contribution >= 0.6 is 0 Å². The second-order valence-corrected chi connectivity index (χ2v) is 6.24. The standard InChI is InChI=1S/C17H19FN4/c18-15-4-2-14(3-5-15)12-22-11-7-17(22)6-10-21(13-17)16-19-8-1-9-20-16/h1-5,8-9H,6-7,10-13H2. The quantitative estimate of drug-likeness (QED) is 0.871. The summed E-state index contributed by atoms with van der Waals surface area (Å²) >= 11 is 0. The fraction of sp³-hybridized carbons (Fsp3) is 0.412. The Hall–Kier alpha value is -2.01. The van der Waals surface area contributed by atoms with Gasteiger partial charge in [-0.25, -0.2) is 14.4 Å². The highest BCUT2D eigenvalue weighted by Crippen LogP contribution is 2.40. The number of hydrogen-bond donors (Lipinski definition) is 0. The summed E-state index contributed by atoms with van der Waals surface area (Å²) in [5.41, 5.74) is 1.42. The highest BCUT2D eigenvalue weighted by molar-refractivity contribution is 5.34. The molecule has 2 saturated heterocycles. The zero-order chi connectivity index (χ0) is 15.0. The van der Waals surface area contributed by atoms with Crippen LogP contribution in [-0.2, 0) is 6.54 Å². The highest BCUT2D eigenvalue weighted by atomic mass is 19.1. The molecule has 1 unspecified atom stereocenters. The zero-order valence-electron chi connectivity index (χ0n) is 12.5. The molecule has 0 radical (unpaired) electrons. The van der Waals surface area contributed by atoms with Crippen molar-refractivity contribution in [2.24, 2.45) is 0 Å². The van der Waals surface area contributed by atoms with Crippen LogP contribution in [0.4, 0.5) is 10.3 Å². The molecule has 1 aromatic heterocycles. The lowest BCUT2D eigenvalue weighted by Crippen LogP contribution is -2.60. The summed E-state index contributed by atoms with van der Waals surface area (Å²) in [4.78, 5) is 13.5. The lowest BCUT2D eigenvalue weighted by Gasteiger charge is -2.50. The second kappa shape index (κ2) is 5.32. The smallest absolute Gasteiger partial charge is 0.225 e. The Labute approximate surface area is 129 Å². The molecule has 2 aliphatic rings. The molecule has 4 rings (SSSR count). The first-order valence-electron chi connectivity index (χ1n) is 7.77. The van der Waals surface area contributed by atoms with Gasteiger partial charge < -0.3 is 4.90 Å². The third-order valence-electron chi connectivity index (χ3n) is 4.97. The van der Waals surface area contributed by atoms with Gasteiger partial charge >= 0.3 is 0 Å². The van der Waals surface area contributed by atoms with E-state index in [0.29, 0.717) is 0 Å². The van der Waals surface area contributed by atoms with Crippen LogP contribution in [0.1, 0.15) is 18.4 Å². The number of rotatable bonds is 3. The lowest BCUT2D eigenvalue weighted by atomic mass is 9.83. The van der Waals surface area contributed by atoms with Crippen molar-refractivity contribution in [3.05, 3.63) is 54.1 Å². The molecule has 1 spiro atoms. The van der Waals surface area contributed by atoms with Crippen LogP contribution in [0.25, 0.3) is 0 Å². The van der Waals surface area contributed by atoms with Crippen LogP contribution in [0, 0.1) is 5.82 Å². The van der Waals surface area contributed by atoms with Gasteiger partial charge in [0.1, 0.15) is 5.82 Å². The van der Waals surface area contributed by atoms with Crippen LogP contribution in [0.15, 0.2) is 42.7 Å². The Balaban J connectivity index is 1.45. The molecular formula is C17H19FN4. The van der Waals surface area contributed by atoms with E-state index in [1.54, 1.807) is 24.5 Å².